The standard InChI is InChI=1S/C29H34N6O4/c36-28-26(20-32-15-3-1-4-16-32)34(30-38-28)24-11-7-22(8-12-24)19-23-9-13-25(14-10-23)35-27(29(37)39-31-35)21-33-17-5-2-6-18-33/h7-14H,1-6,15-21H2/p+2. The number of nitrogens with one attached hydrogen (secondary N) is 2. The van der Waals surface area contributed by atoms with Gasteiger partial charge in [0.05, 0.1) is 13.1 Å². The van der Waals surface area contributed by atoms with E-state index in [4.69, 9.17) is 9.05 Å². The first kappa shape index (κ1) is 25.5. The summed E-state index contributed by atoms with van der Waals surface area (Å²) in [4.78, 5) is 29.4. The minimum absolute atomic E-state index is 0.319. The van der Waals surface area contributed by atoms with Gasteiger partial charge in [-0.05, 0) is 89.3 Å². The van der Waals surface area contributed by atoms with E-state index < -0.39 is 0 Å². The molecule has 0 saturated carbocycles. The molecule has 2 aliphatic rings. The SMILES string of the molecule is O=c1o[nH][n+](-c2ccc(Cc3ccc(-[n+]4[nH]oc(=O)c4CN4CCCCC4)cc3)cc2)c1CN1CCCCC1. The predicted molar refractivity (Wildman–Crippen MR) is 143 cm³/mol. The van der Waals surface area contributed by atoms with E-state index >= 15 is 0 Å². The second kappa shape index (κ2) is 11.5. The van der Waals surface area contributed by atoms with Crippen LogP contribution in [0.2, 0.25) is 0 Å². The molecule has 0 unspecified atom stereocenters. The maximum Gasteiger partial charge on any atom is 0.431 e. The third kappa shape index (κ3) is 5.81. The van der Waals surface area contributed by atoms with Crippen LogP contribution in [0.15, 0.2) is 67.2 Å². The van der Waals surface area contributed by atoms with Crippen molar-refractivity contribution in [3.8, 4) is 11.4 Å². The van der Waals surface area contributed by atoms with Crippen molar-refractivity contribution in [3.63, 3.8) is 0 Å². The molecule has 4 aromatic rings. The number of nitrogens with zero attached hydrogens (tertiary/aromatic N) is 4. The molecule has 0 spiro atoms. The molecule has 0 atom stereocenters. The number of hydrogen-bond acceptors (Lipinski definition) is 6. The molecule has 0 radical (unpaired) electrons. The van der Waals surface area contributed by atoms with Gasteiger partial charge in [0, 0.05) is 24.3 Å². The van der Waals surface area contributed by atoms with Crippen molar-refractivity contribution in [1.29, 1.82) is 0 Å². The maximum absolute atomic E-state index is 12.4. The third-order valence-corrected chi connectivity index (χ3v) is 7.91. The number of H-pyrrole nitrogens is 2. The van der Waals surface area contributed by atoms with Crippen LogP contribution in [0, 0.1) is 0 Å². The molecular formula is C29H36N6O4+2. The van der Waals surface area contributed by atoms with Crippen LogP contribution < -0.4 is 20.6 Å². The first-order valence-electron chi connectivity index (χ1n) is 14.0. The molecule has 2 aliphatic heterocycles. The largest absolute Gasteiger partial charge is 0.431 e. The molecule has 39 heavy (non-hydrogen) atoms. The van der Waals surface area contributed by atoms with E-state index in [0.717, 1.165) is 55.1 Å². The first-order chi connectivity index (χ1) is 19.1. The molecule has 2 aromatic heterocycles. The van der Waals surface area contributed by atoms with E-state index in [9.17, 15) is 9.59 Å². The normalized spacial score (nSPS) is 17.0. The molecule has 6 rings (SSSR count). The lowest BCUT2D eigenvalue weighted by Crippen LogP contribution is -2.42. The number of aromatic nitrogens is 4. The fourth-order valence-corrected chi connectivity index (χ4v) is 5.69. The van der Waals surface area contributed by atoms with E-state index in [1.54, 1.807) is 9.36 Å². The number of aromatic amines is 2. The molecule has 0 bridgehead atoms. The van der Waals surface area contributed by atoms with Gasteiger partial charge in [-0.15, -0.1) is 0 Å². The second-order valence-corrected chi connectivity index (χ2v) is 10.7. The van der Waals surface area contributed by atoms with Crippen LogP contribution in [0.5, 0.6) is 0 Å². The van der Waals surface area contributed by atoms with Crippen LogP contribution in [0.25, 0.3) is 11.4 Å². The van der Waals surface area contributed by atoms with E-state index in [0.29, 0.717) is 24.5 Å². The molecule has 0 amide bonds. The third-order valence-electron chi connectivity index (χ3n) is 7.91. The Labute approximate surface area is 226 Å². The highest BCUT2D eigenvalue weighted by Crippen LogP contribution is 2.15. The number of hydrogen-bond donors (Lipinski definition) is 2. The van der Waals surface area contributed by atoms with Crippen molar-refractivity contribution in [2.45, 2.75) is 58.0 Å². The number of rotatable bonds is 8. The highest BCUT2D eigenvalue weighted by Gasteiger charge is 2.27. The Bertz CT molecular complexity index is 1370. The number of likely N-dealkylation sites (tertiary alicyclic amines) is 2. The molecule has 2 aromatic carbocycles. The average Bonchev–Trinajstić information content (AvgIpc) is 3.52. The first-order valence-corrected chi connectivity index (χ1v) is 14.0. The van der Waals surface area contributed by atoms with Crippen LogP contribution in [0.1, 0.15) is 61.0 Å². The van der Waals surface area contributed by atoms with Crippen LogP contribution >= 0.6 is 0 Å². The van der Waals surface area contributed by atoms with Gasteiger partial charge >= 0.3 is 22.6 Å². The molecule has 4 heterocycles. The number of piperidine rings is 2. The molecule has 0 aliphatic carbocycles. The Morgan fingerprint density at radius 1 is 0.590 bits per heavy atom. The zero-order chi connectivity index (χ0) is 26.6. The van der Waals surface area contributed by atoms with Gasteiger partial charge in [0.25, 0.3) is 0 Å². The lowest BCUT2D eigenvalue weighted by atomic mass is 10.0. The second-order valence-electron chi connectivity index (χ2n) is 10.7. The summed E-state index contributed by atoms with van der Waals surface area (Å²) in [5, 5.41) is 5.53. The van der Waals surface area contributed by atoms with Crippen LogP contribution in [-0.2, 0) is 19.5 Å². The van der Waals surface area contributed by atoms with Gasteiger partial charge in [-0.1, -0.05) is 37.1 Å². The van der Waals surface area contributed by atoms with Crippen molar-refractivity contribution in [2.24, 2.45) is 0 Å². The minimum Gasteiger partial charge on any atom is -0.293 e. The van der Waals surface area contributed by atoms with Crippen molar-refractivity contribution < 1.29 is 18.4 Å². The van der Waals surface area contributed by atoms with Crippen LogP contribution in [-0.4, -0.2) is 46.5 Å². The Kier molecular flexibility index (Phi) is 7.55. The minimum atomic E-state index is -0.319. The van der Waals surface area contributed by atoms with E-state index in [1.165, 1.54) is 38.5 Å². The van der Waals surface area contributed by atoms with Crippen LogP contribution in [0.4, 0.5) is 0 Å². The summed E-state index contributed by atoms with van der Waals surface area (Å²) in [6.45, 7) is 5.21. The highest BCUT2D eigenvalue weighted by molar-refractivity contribution is 5.34. The van der Waals surface area contributed by atoms with Gasteiger partial charge < -0.3 is 0 Å². The molecular weight excluding hydrogens is 496 g/mol. The molecule has 204 valence electrons. The quantitative estimate of drug-likeness (QED) is 0.338. The summed E-state index contributed by atoms with van der Waals surface area (Å²) in [6, 6.07) is 16.3. The fraction of sp³-hybridized carbons (Fsp3) is 0.448. The summed E-state index contributed by atoms with van der Waals surface area (Å²) in [6.07, 6.45) is 7.95. The van der Waals surface area contributed by atoms with E-state index in [1.807, 2.05) is 24.3 Å². The van der Waals surface area contributed by atoms with Gasteiger partial charge in [-0.25, -0.2) is 9.59 Å². The Balaban J connectivity index is 1.13. The monoisotopic (exact) mass is 532 g/mol. The summed E-state index contributed by atoms with van der Waals surface area (Å²) >= 11 is 0. The van der Waals surface area contributed by atoms with Gasteiger partial charge in [0.1, 0.15) is 0 Å². The zero-order valence-electron chi connectivity index (χ0n) is 22.2. The molecule has 2 saturated heterocycles. The fourth-order valence-electron chi connectivity index (χ4n) is 5.69. The van der Waals surface area contributed by atoms with Crippen molar-refractivity contribution in [3.05, 3.63) is 91.9 Å². The Hall–Kier alpha value is -3.76. The van der Waals surface area contributed by atoms with Crippen molar-refractivity contribution in [1.82, 2.24) is 20.3 Å². The van der Waals surface area contributed by atoms with E-state index in [2.05, 4.69) is 44.6 Å². The Morgan fingerprint density at radius 3 is 1.36 bits per heavy atom. The lowest BCUT2D eigenvalue weighted by molar-refractivity contribution is -0.678. The molecule has 2 fully saturated rings. The van der Waals surface area contributed by atoms with Crippen LogP contribution in [0.3, 0.4) is 0 Å². The summed E-state index contributed by atoms with van der Waals surface area (Å²) in [5.41, 5.74) is 4.66. The van der Waals surface area contributed by atoms with Crippen molar-refractivity contribution in [2.75, 3.05) is 26.2 Å². The summed E-state index contributed by atoms with van der Waals surface area (Å²) in [7, 11) is 0. The maximum atomic E-state index is 12.4. The van der Waals surface area contributed by atoms with E-state index in [-0.39, 0.29) is 11.3 Å². The average molecular weight is 533 g/mol. The smallest absolute Gasteiger partial charge is 0.293 e. The summed E-state index contributed by atoms with van der Waals surface area (Å²) in [5.74, 6) is 0. The lowest BCUT2D eigenvalue weighted by Gasteiger charge is -2.23. The molecule has 10 nitrogen and oxygen atoms in total. The van der Waals surface area contributed by atoms with Gasteiger partial charge in [-0.3, -0.25) is 18.8 Å². The van der Waals surface area contributed by atoms with Crippen molar-refractivity contribution >= 4 is 0 Å². The van der Waals surface area contributed by atoms with Gasteiger partial charge in [-0.2, -0.15) is 0 Å². The van der Waals surface area contributed by atoms with Gasteiger partial charge in [0.2, 0.25) is 11.4 Å². The molecule has 2 N–H and O–H groups in total. The number of benzene rings is 2. The predicted octanol–water partition coefficient (Wildman–Crippen LogP) is 2.37. The van der Waals surface area contributed by atoms with Gasteiger partial charge in [0.15, 0.2) is 0 Å². The molecule has 10 heteroatoms. The zero-order valence-corrected chi connectivity index (χ0v) is 22.2. The Morgan fingerprint density at radius 2 is 0.974 bits per heavy atom. The summed E-state index contributed by atoms with van der Waals surface area (Å²) < 4.78 is 13.8. The highest BCUT2D eigenvalue weighted by atomic mass is 16.5. The topological polar surface area (TPSA) is 106 Å².